The maximum absolute atomic E-state index is 11.7. The molecule has 0 saturated heterocycles. The van der Waals surface area contributed by atoms with Crippen LogP contribution in [0.1, 0.15) is 26.2 Å². The third kappa shape index (κ3) is 3.89. The fraction of sp³-hybridized carbons (Fsp3) is 0.727. The van der Waals surface area contributed by atoms with Gasteiger partial charge in [0.2, 0.25) is 0 Å². The van der Waals surface area contributed by atoms with E-state index in [4.69, 9.17) is 5.26 Å². The molecule has 2 amide bonds. The van der Waals surface area contributed by atoms with Gasteiger partial charge in [-0.25, -0.2) is 0 Å². The zero-order chi connectivity index (χ0) is 12.0. The molecule has 0 aromatic carbocycles. The molecule has 0 aliphatic heterocycles. The Morgan fingerprint density at radius 1 is 1.50 bits per heavy atom. The molecule has 0 aromatic heterocycles. The smallest absolute Gasteiger partial charge is 0.311 e. The number of hydrogen-bond donors (Lipinski definition) is 1. The van der Waals surface area contributed by atoms with E-state index in [-0.39, 0.29) is 6.54 Å². The number of carbonyl (C=O) groups excluding carboxylic acids is 2. The van der Waals surface area contributed by atoms with E-state index in [1.165, 1.54) is 0 Å². The van der Waals surface area contributed by atoms with Gasteiger partial charge < -0.3 is 10.2 Å². The average Bonchev–Trinajstić information content (AvgIpc) is 3.08. The van der Waals surface area contributed by atoms with E-state index >= 15 is 0 Å². The molecule has 1 fully saturated rings. The van der Waals surface area contributed by atoms with Gasteiger partial charge in [-0.3, -0.25) is 9.59 Å². The summed E-state index contributed by atoms with van der Waals surface area (Å²) in [5.74, 6) is -0.612. The third-order valence-electron chi connectivity index (χ3n) is 2.48. The van der Waals surface area contributed by atoms with Crippen LogP contribution in [0.25, 0.3) is 0 Å². The minimum absolute atomic E-state index is 0.117. The molecule has 5 nitrogen and oxygen atoms in total. The van der Waals surface area contributed by atoms with Crippen molar-refractivity contribution in [2.45, 2.75) is 26.2 Å². The van der Waals surface area contributed by atoms with Crippen molar-refractivity contribution >= 4 is 11.8 Å². The number of nitrogens with one attached hydrogen (secondary N) is 1. The second kappa shape index (κ2) is 6.11. The summed E-state index contributed by atoms with van der Waals surface area (Å²) in [7, 11) is 0. The Kier molecular flexibility index (Phi) is 4.77. The summed E-state index contributed by atoms with van der Waals surface area (Å²) in [6.45, 7) is 3.14. The number of hydrogen-bond acceptors (Lipinski definition) is 3. The Bertz CT molecular complexity index is 305. The number of nitriles is 1. The van der Waals surface area contributed by atoms with Gasteiger partial charge in [0, 0.05) is 13.1 Å². The summed E-state index contributed by atoms with van der Waals surface area (Å²) < 4.78 is 0. The lowest BCUT2D eigenvalue weighted by atomic mass is 10.3. The molecule has 88 valence electrons. The predicted octanol–water partition coefficient (Wildman–Crippen LogP) is 0.275. The fourth-order valence-corrected chi connectivity index (χ4v) is 1.50. The van der Waals surface area contributed by atoms with Crippen molar-refractivity contribution in [1.82, 2.24) is 10.2 Å². The van der Waals surface area contributed by atoms with Crippen LogP contribution < -0.4 is 5.32 Å². The molecule has 0 aromatic rings. The van der Waals surface area contributed by atoms with Crippen LogP contribution in [0.2, 0.25) is 0 Å². The highest BCUT2D eigenvalue weighted by Gasteiger charge is 2.28. The molecular formula is C11H17N3O2. The summed E-state index contributed by atoms with van der Waals surface area (Å²) >= 11 is 0. The van der Waals surface area contributed by atoms with E-state index in [9.17, 15) is 9.59 Å². The lowest BCUT2D eigenvalue weighted by Crippen LogP contribution is -2.44. The summed E-state index contributed by atoms with van der Waals surface area (Å²) in [4.78, 5) is 24.7. The van der Waals surface area contributed by atoms with Crippen molar-refractivity contribution in [1.29, 1.82) is 5.26 Å². The molecule has 0 spiro atoms. The van der Waals surface area contributed by atoms with Crippen molar-refractivity contribution in [3.05, 3.63) is 0 Å². The van der Waals surface area contributed by atoms with E-state index in [0.29, 0.717) is 19.0 Å². The lowest BCUT2D eigenvalue weighted by molar-refractivity contribution is -0.145. The first-order chi connectivity index (χ1) is 7.69. The summed E-state index contributed by atoms with van der Waals surface area (Å²) in [6.07, 6.45) is 3.13. The highest BCUT2D eigenvalue weighted by atomic mass is 16.2. The third-order valence-corrected chi connectivity index (χ3v) is 2.48. The minimum Gasteiger partial charge on any atom is -0.335 e. The first-order valence-electron chi connectivity index (χ1n) is 5.63. The summed E-state index contributed by atoms with van der Waals surface area (Å²) in [5, 5.41) is 10.6. The van der Waals surface area contributed by atoms with Crippen LogP contribution in [0.4, 0.5) is 0 Å². The molecule has 0 atom stereocenters. The highest BCUT2D eigenvalue weighted by molar-refractivity contribution is 6.35. The molecule has 1 aliphatic rings. The maximum atomic E-state index is 11.7. The van der Waals surface area contributed by atoms with Gasteiger partial charge in [-0.05, 0) is 25.2 Å². The van der Waals surface area contributed by atoms with Crippen LogP contribution in [-0.2, 0) is 9.59 Å². The van der Waals surface area contributed by atoms with Gasteiger partial charge in [-0.2, -0.15) is 5.26 Å². The van der Waals surface area contributed by atoms with Crippen LogP contribution in [0.5, 0.6) is 0 Å². The molecule has 16 heavy (non-hydrogen) atoms. The quantitative estimate of drug-likeness (QED) is 0.537. The van der Waals surface area contributed by atoms with Gasteiger partial charge in [0.05, 0.1) is 6.07 Å². The summed E-state index contributed by atoms with van der Waals surface area (Å²) in [5.41, 5.74) is 0. The van der Waals surface area contributed by atoms with Crippen molar-refractivity contribution in [2.24, 2.45) is 5.92 Å². The summed E-state index contributed by atoms with van der Waals surface area (Å²) in [6, 6.07) is 1.77. The standard InChI is InChI=1S/C11H17N3O2/c1-2-7-14(8-9-3-4-9)11(16)10(15)13-6-5-12/h9H,2-4,6-8H2,1H3,(H,13,15). The molecule has 1 N–H and O–H groups in total. The topological polar surface area (TPSA) is 73.2 Å². The monoisotopic (exact) mass is 223 g/mol. The molecule has 0 heterocycles. The molecule has 0 bridgehead atoms. The number of nitrogens with zero attached hydrogens (tertiary/aromatic N) is 2. The van der Waals surface area contributed by atoms with E-state index < -0.39 is 11.8 Å². The molecular weight excluding hydrogens is 206 g/mol. The van der Waals surface area contributed by atoms with Crippen LogP contribution >= 0.6 is 0 Å². The molecule has 0 unspecified atom stereocenters. The average molecular weight is 223 g/mol. The van der Waals surface area contributed by atoms with Crippen molar-refractivity contribution in [3.63, 3.8) is 0 Å². The van der Waals surface area contributed by atoms with Gasteiger partial charge in [0.15, 0.2) is 0 Å². The Balaban J connectivity index is 2.44. The Morgan fingerprint density at radius 3 is 2.69 bits per heavy atom. The molecule has 1 rings (SSSR count). The predicted molar refractivity (Wildman–Crippen MR) is 58.2 cm³/mol. The Hall–Kier alpha value is -1.57. The van der Waals surface area contributed by atoms with Crippen LogP contribution in [-0.4, -0.2) is 36.3 Å². The Labute approximate surface area is 95.4 Å². The highest BCUT2D eigenvalue weighted by Crippen LogP contribution is 2.29. The molecule has 0 radical (unpaired) electrons. The molecule has 1 saturated carbocycles. The number of rotatable bonds is 5. The normalized spacial score (nSPS) is 14.0. The minimum atomic E-state index is -0.671. The second-order valence-corrected chi connectivity index (χ2v) is 4.04. The lowest BCUT2D eigenvalue weighted by Gasteiger charge is -2.20. The van der Waals surface area contributed by atoms with Crippen molar-refractivity contribution < 1.29 is 9.59 Å². The van der Waals surface area contributed by atoms with Crippen molar-refractivity contribution in [2.75, 3.05) is 19.6 Å². The van der Waals surface area contributed by atoms with Gasteiger partial charge in [0.1, 0.15) is 6.54 Å². The number of amides is 2. The van der Waals surface area contributed by atoms with Gasteiger partial charge in [-0.15, -0.1) is 0 Å². The van der Waals surface area contributed by atoms with Gasteiger partial charge >= 0.3 is 11.8 Å². The largest absolute Gasteiger partial charge is 0.335 e. The maximum Gasteiger partial charge on any atom is 0.311 e. The second-order valence-electron chi connectivity index (χ2n) is 4.04. The van der Waals surface area contributed by atoms with Crippen LogP contribution in [0.3, 0.4) is 0 Å². The first kappa shape index (κ1) is 12.5. The first-order valence-corrected chi connectivity index (χ1v) is 5.63. The van der Waals surface area contributed by atoms with E-state index in [0.717, 1.165) is 19.3 Å². The van der Waals surface area contributed by atoms with Crippen LogP contribution in [0, 0.1) is 17.2 Å². The zero-order valence-corrected chi connectivity index (χ0v) is 9.53. The van der Waals surface area contributed by atoms with E-state index in [1.54, 1.807) is 11.0 Å². The van der Waals surface area contributed by atoms with Crippen LogP contribution in [0.15, 0.2) is 0 Å². The van der Waals surface area contributed by atoms with E-state index in [1.807, 2.05) is 6.92 Å². The Morgan fingerprint density at radius 2 is 2.19 bits per heavy atom. The molecule has 5 heteroatoms. The van der Waals surface area contributed by atoms with Gasteiger partial charge in [-0.1, -0.05) is 6.92 Å². The van der Waals surface area contributed by atoms with E-state index in [2.05, 4.69) is 5.32 Å². The fourth-order valence-electron chi connectivity index (χ4n) is 1.50. The van der Waals surface area contributed by atoms with Gasteiger partial charge in [0.25, 0.3) is 0 Å². The SMILES string of the molecule is CCCN(CC1CC1)C(=O)C(=O)NCC#N. The van der Waals surface area contributed by atoms with Crippen molar-refractivity contribution in [3.8, 4) is 6.07 Å². The molecule has 1 aliphatic carbocycles. The number of carbonyl (C=O) groups is 2. The zero-order valence-electron chi connectivity index (χ0n) is 9.53.